The van der Waals surface area contributed by atoms with E-state index in [1.54, 1.807) is 11.8 Å². The van der Waals surface area contributed by atoms with Crippen LogP contribution in [0.15, 0.2) is 0 Å². The maximum Gasteiger partial charge on any atom is 0.230 e. The average molecular weight is 226 g/mol. The van der Waals surface area contributed by atoms with Crippen LogP contribution in [0.3, 0.4) is 0 Å². The third-order valence-electron chi connectivity index (χ3n) is 4.26. The van der Waals surface area contributed by atoms with Gasteiger partial charge in [0.1, 0.15) is 0 Å². The molecule has 1 aliphatic heterocycles. The van der Waals surface area contributed by atoms with E-state index in [0.717, 1.165) is 19.3 Å². The van der Waals surface area contributed by atoms with Gasteiger partial charge in [0.2, 0.25) is 5.91 Å². The third-order valence-corrected chi connectivity index (χ3v) is 4.26. The minimum Gasteiger partial charge on any atom is -0.388 e. The number of likely N-dealkylation sites (tertiary alicyclic amines) is 1. The molecule has 0 bridgehead atoms. The molecule has 0 aromatic rings. The van der Waals surface area contributed by atoms with Crippen molar-refractivity contribution in [3.05, 3.63) is 0 Å². The molecular formula is C12H22N2O2. The zero-order valence-electron chi connectivity index (χ0n) is 10.2. The Morgan fingerprint density at radius 2 is 2.12 bits per heavy atom. The molecule has 0 radical (unpaired) electrons. The SMILES string of the molecule is CC1(O)CCN(C(=O)C2(C)CCCC2N)C1. The molecular weight excluding hydrogens is 204 g/mol. The lowest BCUT2D eigenvalue weighted by atomic mass is 9.83. The van der Waals surface area contributed by atoms with Crippen molar-refractivity contribution in [3.63, 3.8) is 0 Å². The first-order valence-corrected chi connectivity index (χ1v) is 6.12. The van der Waals surface area contributed by atoms with Crippen LogP contribution in [0.1, 0.15) is 39.5 Å². The van der Waals surface area contributed by atoms with Gasteiger partial charge in [-0.15, -0.1) is 0 Å². The number of carbonyl (C=O) groups excluding carboxylic acids is 1. The highest BCUT2D eigenvalue weighted by molar-refractivity contribution is 5.84. The maximum atomic E-state index is 12.4. The first-order valence-electron chi connectivity index (χ1n) is 6.12. The molecule has 3 atom stereocenters. The molecule has 1 aliphatic carbocycles. The van der Waals surface area contributed by atoms with E-state index in [1.807, 2.05) is 6.92 Å². The van der Waals surface area contributed by atoms with Crippen LogP contribution in [0.2, 0.25) is 0 Å². The molecule has 3 unspecified atom stereocenters. The van der Waals surface area contributed by atoms with Gasteiger partial charge in [0.05, 0.1) is 11.0 Å². The molecule has 4 nitrogen and oxygen atoms in total. The van der Waals surface area contributed by atoms with E-state index in [1.165, 1.54) is 0 Å². The fourth-order valence-corrected chi connectivity index (χ4v) is 2.94. The summed E-state index contributed by atoms with van der Waals surface area (Å²) in [5.41, 5.74) is 4.92. The van der Waals surface area contributed by atoms with Gasteiger partial charge in [-0.1, -0.05) is 6.42 Å². The highest BCUT2D eigenvalue weighted by Gasteiger charge is 2.47. The molecule has 3 N–H and O–H groups in total. The Bertz CT molecular complexity index is 303. The Kier molecular flexibility index (Phi) is 2.75. The van der Waals surface area contributed by atoms with Gasteiger partial charge >= 0.3 is 0 Å². The lowest BCUT2D eigenvalue weighted by Gasteiger charge is -2.32. The normalized spacial score (nSPS) is 44.0. The van der Waals surface area contributed by atoms with E-state index in [-0.39, 0.29) is 11.9 Å². The summed E-state index contributed by atoms with van der Waals surface area (Å²) in [6.45, 7) is 4.87. The Labute approximate surface area is 96.8 Å². The van der Waals surface area contributed by atoms with E-state index >= 15 is 0 Å². The number of nitrogens with zero attached hydrogens (tertiary/aromatic N) is 1. The number of hydrogen-bond acceptors (Lipinski definition) is 3. The predicted octanol–water partition coefficient (Wildman–Crippen LogP) is 0.487. The molecule has 0 spiro atoms. The Balaban J connectivity index is 2.08. The quantitative estimate of drug-likeness (QED) is 0.683. The second-order valence-electron chi connectivity index (χ2n) is 5.89. The van der Waals surface area contributed by atoms with Crippen molar-refractivity contribution in [1.82, 2.24) is 4.90 Å². The first kappa shape index (κ1) is 11.9. The molecule has 2 aliphatic rings. The van der Waals surface area contributed by atoms with E-state index in [9.17, 15) is 9.90 Å². The van der Waals surface area contributed by atoms with Gasteiger partial charge < -0.3 is 15.7 Å². The first-order chi connectivity index (χ1) is 7.35. The van der Waals surface area contributed by atoms with Crippen LogP contribution in [0.4, 0.5) is 0 Å². The van der Waals surface area contributed by atoms with Gasteiger partial charge in [-0.3, -0.25) is 4.79 Å². The number of aliphatic hydroxyl groups is 1. The van der Waals surface area contributed by atoms with Crippen LogP contribution in [-0.2, 0) is 4.79 Å². The summed E-state index contributed by atoms with van der Waals surface area (Å²) in [5.74, 6) is 0.135. The van der Waals surface area contributed by atoms with Crippen molar-refractivity contribution < 1.29 is 9.90 Å². The second kappa shape index (κ2) is 3.70. The number of amides is 1. The molecule has 0 aromatic carbocycles. The van der Waals surface area contributed by atoms with E-state index in [4.69, 9.17) is 5.73 Å². The largest absolute Gasteiger partial charge is 0.388 e. The Morgan fingerprint density at radius 3 is 2.56 bits per heavy atom. The van der Waals surface area contributed by atoms with Crippen LogP contribution in [0, 0.1) is 5.41 Å². The lowest BCUT2D eigenvalue weighted by Crippen LogP contribution is -2.49. The maximum absolute atomic E-state index is 12.4. The van der Waals surface area contributed by atoms with Gasteiger partial charge in [-0.25, -0.2) is 0 Å². The summed E-state index contributed by atoms with van der Waals surface area (Å²) < 4.78 is 0. The van der Waals surface area contributed by atoms with E-state index < -0.39 is 11.0 Å². The molecule has 1 saturated heterocycles. The Hall–Kier alpha value is -0.610. The zero-order chi connectivity index (χ0) is 12.0. The molecule has 2 rings (SSSR count). The van der Waals surface area contributed by atoms with Crippen molar-refractivity contribution in [3.8, 4) is 0 Å². The summed E-state index contributed by atoms with van der Waals surface area (Å²) in [4.78, 5) is 14.2. The van der Waals surface area contributed by atoms with Crippen molar-refractivity contribution in [2.24, 2.45) is 11.1 Å². The number of nitrogens with two attached hydrogens (primary N) is 1. The summed E-state index contributed by atoms with van der Waals surface area (Å²) >= 11 is 0. The van der Waals surface area contributed by atoms with Crippen LogP contribution in [0.25, 0.3) is 0 Å². The van der Waals surface area contributed by atoms with E-state index in [2.05, 4.69) is 0 Å². The highest BCUT2D eigenvalue weighted by Crippen LogP contribution is 2.39. The fraction of sp³-hybridized carbons (Fsp3) is 0.917. The summed E-state index contributed by atoms with van der Waals surface area (Å²) in [7, 11) is 0. The third kappa shape index (κ3) is 1.84. The van der Waals surface area contributed by atoms with Gasteiger partial charge in [-0.05, 0) is 33.1 Å². The smallest absolute Gasteiger partial charge is 0.230 e. The molecule has 2 fully saturated rings. The minimum atomic E-state index is -0.714. The second-order valence-corrected chi connectivity index (χ2v) is 5.89. The lowest BCUT2D eigenvalue weighted by molar-refractivity contribution is -0.141. The van der Waals surface area contributed by atoms with Crippen molar-refractivity contribution >= 4 is 5.91 Å². The fourth-order valence-electron chi connectivity index (χ4n) is 2.94. The van der Waals surface area contributed by atoms with Crippen LogP contribution in [-0.4, -0.2) is 40.6 Å². The number of carbonyl (C=O) groups is 1. The average Bonchev–Trinajstić information content (AvgIpc) is 2.71. The van der Waals surface area contributed by atoms with Crippen molar-refractivity contribution in [2.45, 2.75) is 51.2 Å². The summed E-state index contributed by atoms with van der Waals surface area (Å²) in [6, 6.07) is -0.0226. The molecule has 0 aromatic heterocycles. The van der Waals surface area contributed by atoms with Gasteiger partial charge in [0.25, 0.3) is 0 Å². The summed E-state index contributed by atoms with van der Waals surface area (Å²) in [6.07, 6.45) is 3.52. The van der Waals surface area contributed by atoms with Gasteiger partial charge in [-0.2, -0.15) is 0 Å². The zero-order valence-corrected chi connectivity index (χ0v) is 10.2. The van der Waals surface area contributed by atoms with Gasteiger partial charge in [0, 0.05) is 19.1 Å². The highest BCUT2D eigenvalue weighted by atomic mass is 16.3. The summed E-state index contributed by atoms with van der Waals surface area (Å²) in [5, 5.41) is 9.88. The minimum absolute atomic E-state index is 0.0226. The van der Waals surface area contributed by atoms with E-state index in [0.29, 0.717) is 19.5 Å². The molecule has 1 amide bonds. The van der Waals surface area contributed by atoms with Crippen LogP contribution >= 0.6 is 0 Å². The number of β-amino-alcohol motifs (C(OH)–C–C–N with tert-alkyl or cyclic N) is 1. The monoisotopic (exact) mass is 226 g/mol. The van der Waals surface area contributed by atoms with Crippen LogP contribution in [0.5, 0.6) is 0 Å². The number of hydrogen-bond donors (Lipinski definition) is 2. The Morgan fingerprint density at radius 1 is 1.44 bits per heavy atom. The topological polar surface area (TPSA) is 66.6 Å². The molecule has 1 saturated carbocycles. The molecule has 92 valence electrons. The molecule has 1 heterocycles. The standard InChI is InChI=1S/C12H22N2O2/c1-11(16)6-7-14(8-11)10(15)12(2)5-3-4-9(12)13/h9,16H,3-8,13H2,1-2H3. The van der Waals surface area contributed by atoms with Crippen LogP contribution < -0.4 is 5.73 Å². The molecule has 4 heteroatoms. The molecule has 16 heavy (non-hydrogen) atoms. The van der Waals surface area contributed by atoms with Crippen molar-refractivity contribution in [2.75, 3.05) is 13.1 Å². The predicted molar refractivity (Wildman–Crippen MR) is 61.8 cm³/mol. The van der Waals surface area contributed by atoms with Gasteiger partial charge in [0.15, 0.2) is 0 Å². The van der Waals surface area contributed by atoms with Crippen molar-refractivity contribution in [1.29, 1.82) is 0 Å². The number of rotatable bonds is 1.